The summed E-state index contributed by atoms with van der Waals surface area (Å²) in [7, 11) is 1.99. The number of carbonyl (C=O) groups excluding carboxylic acids is 1. The lowest BCUT2D eigenvalue weighted by atomic mass is 10.1. The van der Waals surface area contributed by atoms with Crippen molar-refractivity contribution in [3.05, 3.63) is 49.5 Å². The van der Waals surface area contributed by atoms with E-state index in [1.54, 1.807) is 18.3 Å². The number of aryl methyl sites for hydroxylation is 1. The van der Waals surface area contributed by atoms with E-state index < -0.39 is 29.8 Å². The Morgan fingerprint density at radius 1 is 1.28 bits per heavy atom. The van der Waals surface area contributed by atoms with Crippen molar-refractivity contribution in [2.75, 3.05) is 44.7 Å². The normalized spacial score (nSPS) is 15.8. The third kappa shape index (κ3) is 6.70. The molecule has 1 fully saturated rings. The molecule has 2 N–H and O–H groups in total. The smallest absolute Gasteiger partial charge is 0.379 e. The van der Waals surface area contributed by atoms with Crippen molar-refractivity contribution in [1.82, 2.24) is 19.4 Å². The van der Waals surface area contributed by atoms with Gasteiger partial charge in [0.2, 0.25) is 0 Å². The number of anilines is 1. The van der Waals surface area contributed by atoms with Gasteiger partial charge < -0.3 is 19.9 Å². The summed E-state index contributed by atoms with van der Waals surface area (Å²) in [6.07, 6.45) is -0.139. The van der Waals surface area contributed by atoms with Gasteiger partial charge in [-0.15, -0.1) is 11.3 Å². The molecule has 208 valence electrons. The highest BCUT2D eigenvalue weighted by Gasteiger charge is 2.29. The Balaban J connectivity index is 1.62. The van der Waals surface area contributed by atoms with Crippen LogP contribution in [0.4, 0.5) is 18.9 Å². The topological polar surface area (TPSA) is 104 Å². The van der Waals surface area contributed by atoms with Gasteiger partial charge in [-0.1, -0.05) is 0 Å². The zero-order valence-electron chi connectivity index (χ0n) is 21.6. The maximum atomic E-state index is 13.0. The second kappa shape index (κ2) is 12.1. The first-order valence-electron chi connectivity index (χ1n) is 12.4. The summed E-state index contributed by atoms with van der Waals surface area (Å²) in [5.74, 6) is -1.18. The van der Waals surface area contributed by atoms with Crippen molar-refractivity contribution in [3.63, 3.8) is 0 Å². The van der Waals surface area contributed by atoms with Crippen LogP contribution in [0, 0.1) is 11.3 Å². The van der Waals surface area contributed by atoms with E-state index in [4.69, 9.17) is 4.74 Å². The van der Waals surface area contributed by atoms with E-state index in [-0.39, 0.29) is 15.7 Å². The van der Waals surface area contributed by atoms with E-state index in [9.17, 15) is 28.0 Å². The molecule has 0 saturated carbocycles. The van der Waals surface area contributed by atoms with Crippen molar-refractivity contribution in [2.24, 2.45) is 7.05 Å². The molecule has 1 amide bonds. The lowest BCUT2D eigenvalue weighted by Gasteiger charge is -2.26. The fourth-order valence-corrected chi connectivity index (χ4v) is 5.56. The summed E-state index contributed by atoms with van der Waals surface area (Å²) in [4.78, 5) is 27.6. The van der Waals surface area contributed by atoms with E-state index in [1.807, 2.05) is 25.2 Å². The van der Waals surface area contributed by atoms with Gasteiger partial charge in [-0.2, -0.15) is 18.4 Å². The van der Waals surface area contributed by atoms with Crippen LogP contribution in [0.5, 0.6) is 0 Å². The molecule has 1 aliphatic rings. The Hall–Kier alpha value is -3.60. The minimum atomic E-state index is -4.62. The van der Waals surface area contributed by atoms with Crippen molar-refractivity contribution in [3.8, 4) is 6.07 Å². The van der Waals surface area contributed by atoms with E-state index in [2.05, 4.69) is 21.0 Å². The van der Waals surface area contributed by atoms with Gasteiger partial charge in [0.25, 0.3) is 11.5 Å². The number of amides is 1. The minimum absolute atomic E-state index is 0.00151. The van der Waals surface area contributed by atoms with Crippen LogP contribution in [0.3, 0.4) is 0 Å². The molecule has 3 heterocycles. The number of morpholine rings is 1. The number of alkyl halides is 3. The number of nitriles is 1. The molecule has 1 aromatic carbocycles. The first-order valence-corrected chi connectivity index (χ1v) is 13.3. The van der Waals surface area contributed by atoms with Crippen molar-refractivity contribution < 1.29 is 22.7 Å². The first kappa shape index (κ1) is 28.4. The Morgan fingerprint density at radius 3 is 2.69 bits per heavy atom. The summed E-state index contributed by atoms with van der Waals surface area (Å²) in [6.45, 7) is 4.46. The highest BCUT2D eigenvalue weighted by molar-refractivity contribution is 7.07. The molecule has 39 heavy (non-hydrogen) atoms. The average Bonchev–Trinajstić information content (AvgIpc) is 3.40. The van der Waals surface area contributed by atoms with E-state index in [0.717, 1.165) is 67.2 Å². The zero-order chi connectivity index (χ0) is 28.2. The van der Waals surface area contributed by atoms with Crippen LogP contribution in [0.15, 0.2) is 29.2 Å². The van der Waals surface area contributed by atoms with Crippen molar-refractivity contribution in [1.29, 1.82) is 5.26 Å². The fourth-order valence-electron chi connectivity index (χ4n) is 4.47. The predicted molar refractivity (Wildman–Crippen MR) is 144 cm³/mol. The molecule has 13 heteroatoms. The third-order valence-corrected chi connectivity index (χ3v) is 7.60. The SMILES string of the molecule is CCn1c(=O)/c(=C/Nc2ccc3c(c2)c(CCN2CCOCC2)cn3C)s/c1=C(\C#N)C(=O)NCC(F)(F)F. The van der Waals surface area contributed by atoms with Gasteiger partial charge in [-0.25, -0.2) is 0 Å². The number of ether oxygens (including phenoxy) is 1. The van der Waals surface area contributed by atoms with Gasteiger partial charge in [0.05, 0.1) is 13.2 Å². The molecule has 2 aromatic heterocycles. The quantitative estimate of drug-likeness (QED) is 0.432. The summed E-state index contributed by atoms with van der Waals surface area (Å²) in [6, 6.07) is 7.52. The Labute approximate surface area is 226 Å². The number of halogens is 3. The molecule has 0 atom stereocenters. The van der Waals surface area contributed by atoms with Crippen molar-refractivity contribution in [2.45, 2.75) is 26.1 Å². The van der Waals surface area contributed by atoms with Gasteiger partial charge in [-0.3, -0.25) is 19.1 Å². The van der Waals surface area contributed by atoms with Gasteiger partial charge in [0.15, 0.2) is 5.57 Å². The van der Waals surface area contributed by atoms with Gasteiger partial charge >= 0.3 is 6.18 Å². The Bertz CT molecular complexity index is 1580. The number of hydrogen-bond donors (Lipinski definition) is 2. The van der Waals surface area contributed by atoms with Crippen molar-refractivity contribution >= 4 is 45.6 Å². The van der Waals surface area contributed by atoms with Crippen LogP contribution in [0.1, 0.15) is 12.5 Å². The van der Waals surface area contributed by atoms with Crippen LogP contribution in [0.2, 0.25) is 0 Å². The highest BCUT2D eigenvalue weighted by atomic mass is 32.1. The number of nitrogens with zero attached hydrogens (tertiary/aromatic N) is 4. The predicted octanol–water partition coefficient (Wildman–Crippen LogP) is 1.50. The molecule has 9 nitrogen and oxygen atoms in total. The van der Waals surface area contributed by atoms with E-state index in [0.29, 0.717) is 0 Å². The molecule has 1 saturated heterocycles. The molecule has 3 aromatic rings. The van der Waals surface area contributed by atoms with E-state index in [1.165, 1.54) is 16.3 Å². The van der Waals surface area contributed by atoms with Gasteiger partial charge in [-0.05, 0) is 37.1 Å². The monoisotopic (exact) mass is 562 g/mol. The van der Waals surface area contributed by atoms with Gasteiger partial charge in [0, 0.05) is 62.2 Å². The van der Waals surface area contributed by atoms with Crippen LogP contribution in [0.25, 0.3) is 22.7 Å². The summed E-state index contributed by atoms with van der Waals surface area (Å²) >= 11 is 0.870. The number of thiazole rings is 1. The summed E-state index contributed by atoms with van der Waals surface area (Å²) < 4.78 is 46.5. The Morgan fingerprint density at radius 2 is 2.03 bits per heavy atom. The number of carbonyl (C=O) groups is 1. The number of benzene rings is 1. The molecule has 0 radical (unpaired) electrons. The summed E-state index contributed by atoms with van der Waals surface area (Å²) in [5, 5.41) is 15.4. The van der Waals surface area contributed by atoms with Crippen LogP contribution >= 0.6 is 11.3 Å². The largest absolute Gasteiger partial charge is 0.405 e. The number of fused-ring (bicyclic) bond motifs is 1. The van der Waals surface area contributed by atoms with E-state index >= 15 is 0 Å². The number of nitrogens with one attached hydrogen (secondary N) is 2. The zero-order valence-corrected chi connectivity index (χ0v) is 22.4. The molecule has 0 spiro atoms. The molecule has 0 bridgehead atoms. The fraction of sp³-hybridized carbons (Fsp3) is 0.423. The number of aromatic nitrogens is 2. The second-order valence-electron chi connectivity index (χ2n) is 9.10. The average molecular weight is 563 g/mol. The number of rotatable bonds is 8. The molecular weight excluding hydrogens is 533 g/mol. The first-order chi connectivity index (χ1) is 18.6. The number of hydrogen-bond acceptors (Lipinski definition) is 7. The second-order valence-corrected chi connectivity index (χ2v) is 10.1. The summed E-state index contributed by atoms with van der Waals surface area (Å²) in [5.41, 5.74) is 2.02. The molecular formula is C26H29F3N6O3S. The van der Waals surface area contributed by atoms with Crippen LogP contribution in [-0.4, -0.2) is 65.5 Å². The maximum absolute atomic E-state index is 13.0. The lowest BCUT2D eigenvalue weighted by molar-refractivity contribution is -0.135. The standard InChI is InChI=1S/C26H29F3N6O3S/c1-3-35-24(37)22(39-25(35)20(13-30)23(36)32-16-26(27,28)29)14-31-18-4-5-21-19(12-18)17(15-33(21)2)6-7-34-8-10-38-11-9-34/h4-5,12,14-15,31H,3,6-11,16H2,1-2H3,(H,32,36)/b22-14-,25-20+. The lowest BCUT2D eigenvalue weighted by Crippen LogP contribution is -2.37. The molecule has 0 aliphatic carbocycles. The third-order valence-electron chi connectivity index (χ3n) is 6.47. The highest BCUT2D eigenvalue weighted by Crippen LogP contribution is 2.25. The molecule has 1 aliphatic heterocycles. The molecule has 4 rings (SSSR count). The van der Waals surface area contributed by atoms with Gasteiger partial charge in [0.1, 0.15) is 21.8 Å². The molecule has 0 unspecified atom stereocenters. The van der Waals surface area contributed by atoms with Crippen LogP contribution in [-0.2, 0) is 29.5 Å². The Kier molecular flexibility index (Phi) is 8.79. The maximum Gasteiger partial charge on any atom is 0.405 e. The minimum Gasteiger partial charge on any atom is -0.379 e. The van der Waals surface area contributed by atoms with Crippen LogP contribution < -0.4 is 25.4 Å².